The zero-order valence-corrected chi connectivity index (χ0v) is 27.3. The van der Waals surface area contributed by atoms with E-state index in [1.807, 2.05) is 21.6 Å². The first-order valence-corrected chi connectivity index (χ1v) is 18.0. The maximum Gasteiger partial charge on any atom is 0.0780 e. The van der Waals surface area contributed by atoms with Crippen LogP contribution in [0.5, 0.6) is 0 Å². The highest BCUT2D eigenvalue weighted by atomic mass is 33.1. The van der Waals surface area contributed by atoms with Crippen molar-refractivity contribution in [1.29, 1.82) is 0 Å². The molecule has 0 amide bonds. The van der Waals surface area contributed by atoms with Crippen LogP contribution in [0.4, 0.5) is 0 Å². The molecule has 0 saturated heterocycles. The van der Waals surface area contributed by atoms with Crippen LogP contribution in [-0.2, 0) is 0 Å². The van der Waals surface area contributed by atoms with Crippen LogP contribution in [0.25, 0.3) is 0 Å². The van der Waals surface area contributed by atoms with Crippen molar-refractivity contribution in [3.8, 4) is 0 Å². The summed E-state index contributed by atoms with van der Waals surface area (Å²) in [5.41, 5.74) is 0. The van der Waals surface area contributed by atoms with Gasteiger partial charge in [-0.1, -0.05) is 85.8 Å². The number of unbranched alkanes of at least 4 members (excludes halogenated alkanes) is 14. The van der Waals surface area contributed by atoms with Gasteiger partial charge in [0.25, 0.3) is 0 Å². The molecule has 0 aliphatic rings. The molecule has 6 heteroatoms. The van der Waals surface area contributed by atoms with Gasteiger partial charge < -0.3 is 19.6 Å². The van der Waals surface area contributed by atoms with Crippen molar-refractivity contribution in [2.45, 2.75) is 103 Å². The SMILES string of the molecule is C[N+](C)(C)CCCCCCCCCCNCCSSCCNCCCCCCCCCC[N+](C)(C)C. The Bertz CT molecular complexity index is 396. The van der Waals surface area contributed by atoms with Crippen LogP contribution in [0.2, 0.25) is 0 Å². The fourth-order valence-corrected chi connectivity index (χ4v) is 6.29. The van der Waals surface area contributed by atoms with Gasteiger partial charge in [-0.3, -0.25) is 0 Å². The van der Waals surface area contributed by atoms with Gasteiger partial charge in [-0.15, -0.1) is 0 Å². The van der Waals surface area contributed by atoms with Crippen LogP contribution in [0.1, 0.15) is 103 Å². The minimum absolute atomic E-state index is 1.11. The maximum atomic E-state index is 3.62. The third-order valence-electron chi connectivity index (χ3n) is 6.67. The topological polar surface area (TPSA) is 24.1 Å². The monoisotopic (exact) mass is 548 g/mol. The molecular formula is C30H68N4S2+2. The molecule has 2 N–H and O–H groups in total. The van der Waals surface area contributed by atoms with E-state index in [9.17, 15) is 0 Å². The lowest BCUT2D eigenvalue weighted by Crippen LogP contribution is -2.35. The Morgan fingerprint density at radius 3 is 0.944 bits per heavy atom. The van der Waals surface area contributed by atoms with E-state index in [2.05, 4.69) is 52.9 Å². The highest BCUT2D eigenvalue weighted by Crippen LogP contribution is 2.19. The largest absolute Gasteiger partial charge is 0.331 e. The van der Waals surface area contributed by atoms with Gasteiger partial charge >= 0.3 is 0 Å². The van der Waals surface area contributed by atoms with E-state index in [1.54, 1.807) is 0 Å². The second kappa shape index (κ2) is 25.8. The fourth-order valence-electron chi connectivity index (χ4n) is 4.39. The summed E-state index contributed by atoms with van der Waals surface area (Å²) in [6.07, 6.45) is 22.5. The third kappa shape index (κ3) is 34.5. The van der Waals surface area contributed by atoms with E-state index in [1.165, 1.54) is 140 Å². The molecule has 0 aromatic rings. The van der Waals surface area contributed by atoms with Crippen LogP contribution >= 0.6 is 21.6 Å². The van der Waals surface area contributed by atoms with Crippen LogP contribution in [0, 0.1) is 0 Å². The van der Waals surface area contributed by atoms with Crippen molar-refractivity contribution in [1.82, 2.24) is 10.6 Å². The molecule has 0 rings (SSSR count). The molecule has 0 heterocycles. The quantitative estimate of drug-likeness (QED) is 0.0586. The number of rotatable bonds is 29. The number of nitrogens with zero attached hydrogens (tertiary/aromatic N) is 2. The normalized spacial score (nSPS) is 12.5. The lowest BCUT2D eigenvalue weighted by atomic mass is 10.1. The molecule has 218 valence electrons. The molecule has 36 heavy (non-hydrogen) atoms. The van der Waals surface area contributed by atoms with Crippen LogP contribution in [0.3, 0.4) is 0 Å². The molecule has 0 unspecified atom stereocenters. The predicted octanol–water partition coefficient (Wildman–Crippen LogP) is 7.20. The molecule has 0 fully saturated rings. The fraction of sp³-hybridized carbons (Fsp3) is 1.00. The molecule has 0 aliphatic carbocycles. The predicted molar refractivity (Wildman–Crippen MR) is 170 cm³/mol. The van der Waals surface area contributed by atoms with Crippen molar-refractivity contribution in [2.24, 2.45) is 0 Å². The highest BCUT2D eigenvalue weighted by Gasteiger charge is 2.06. The van der Waals surface area contributed by atoms with Crippen molar-refractivity contribution >= 4 is 21.6 Å². The zero-order chi connectivity index (χ0) is 26.8. The second-order valence-corrected chi connectivity index (χ2v) is 15.5. The lowest BCUT2D eigenvalue weighted by molar-refractivity contribution is -0.870. The van der Waals surface area contributed by atoms with E-state index in [4.69, 9.17) is 0 Å². The number of hydrogen-bond donors (Lipinski definition) is 2. The highest BCUT2D eigenvalue weighted by molar-refractivity contribution is 8.76. The van der Waals surface area contributed by atoms with E-state index in [-0.39, 0.29) is 0 Å². The summed E-state index contributed by atoms with van der Waals surface area (Å²) in [6, 6.07) is 0. The smallest absolute Gasteiger partial charge is 0.0780 e. The van der Waals surface area contributed by atoms with Crippen LogP contribution < -0.4 is 10.6 Å². The standard InChI is InChI=1S/C30H68N4S2/c1-33(2,3)27-21-17-13-9-7-11-15-19-23-31-25-29-35-36-30-26-32-24-20-16-12-8-10-14-18-22-28-34(4,5)6/h31-32H,7-30H2,1-6H3/q+2. The van der Waals surface area contributed by atoms with Gasteiger partial charge in [0.15, 0.2) is 0 Å². The Morgan fingerprint density at radius 2 is 0.639 bits per heavy atom. The first-order valence-electron chi connectivity index (χ1n) is 15.5. The number of quaternary nitrogens is 2. The average Bonchev–Trinajstić information content (AvgIpc) is 2.79. The Balaban J connectivity index is 3.07. The van der Waals surface area contributed by atoms with Gasteiger partial charge in [-0.2, -0.15) is 0 Å². The van der Waals surface area contributed by atoms with E-state index in [0.29, 0.717) is 0 Å². The summed E-state index contributed by atoms with van der Waals surface area (Å²) in [5, 5.41) is 7.24. The van der Waals surface area contributed by atoms with Crippen LogP contribution in [0.15, 0.2) is 0 Å². The minimum Gasteiger partial charge on any atom is -0.331 e. The van der Waals surface area contributed by atoms with Gasteiger partial charge in [0, 0.05) is 24.6 Å². The summed E-state index contributed by atoms with van der Waals surface area (Å²) in [5.74, 6) is 2.46. The molecular weight excluding hydrogens is 480 g/mol. The summed E-state index contributed by atoms with van der Waals surface area (Å²) in [6.45, 7) is 7.36. The van der Waals surface area contributed by atoms with Crippen molar-refractivity contribution in [2.75, 3.05) is 93.1 Å². The van der Waals surface area contributed by atoms with E-state index >= 15 is 0 Å². The van der Waals surface area contributed by atoms with E-state index in [0.717, 1.165) is 22.1 Å². The number of hydrogen-bond acceptors (Lipinski definition) is 4. The van der Waals surface area contributed by atoms with Gasteiger partial charge in [0.1, 0.15) is 0 Å². The number of nitrogens with one attached hydrogen (secondary N) is 2. The van der Waals surface area contributed by atoms with Crippen LogP contribution in [-0.4, -0.2) is 102 Å². The summed E-state index contributed by atoms with van der Waals surface area (Å²) < 4.78 is 2.22. The molecule has 0 radical (unpaired) electrons. The summed E-state index contributed by atoms with van der Waals surface area (Å²) >= 11 is 0. The lowest BCUT2D eigenvalue weighted by Gasteiger charge is -2.23. The molecule has 0 atom stereocenters. The summed E-state index contributed by atoms with van der Waals surface area (Å²) in [4.78, 5) is 0. The molecule has 4 nitrogen and oxygen atoms in total. The Labute approximate surface area is 236 Å². The minimum atomic E-state index is 1.11. The summed E-state index contributed by atoms with van der Waals surface area (Å²) in [7, 11) is 17.8. The molecule has 0 saturated carbocycles. The van der Waals surface area contributed by atoms with Gasteiger partial charge in [-0.25, -0.2) is 0 Å². The molecule has 0 spiro atoms. The zero-order valence-electron chi connectivity index (χ0n) is 25.7. The average molecular weight is 549 g/mol. The maximum absolute atomic E-state index is 3.62. The third-order valence-corrected chi connectivity index (χ3v) is 9.08. The van der Waals surface area contributed by atoms with Crippen molar-refractivity contribution in [3.63, 3.8) is 0 Å². The molecule has 0 aromatic carbocycles. The second-order valence-electron chi connectivity index (χ2n) is 12.8. The van der Waals surface area contributed by atoms with Crippen molar-refractivity contribution in [3.05, 3.63) is 0 Å². The van der Waals surface area contributed by atoms with Gasteiger partial charge in [0.05, 0.1) is 55.4 Å². The first-order chi connectivity index (χ1) is 17.2. The van der Waals surface area contributed by atoms with Crippen molar-refractivity contribution < 1.29 is 8.97 Å². The molecule has 0 aliphatic heterocycles. The Morgan fingerprint density at radius 1 is 0.361 bits per heavy atom. The van der Waals surface area contributed by atoms with Gasteiger partial charge in [0.2, 0.25) is 0 Å². The molecule has 0 aromatic heterocycles. The Kier molecular flexibility index (Phi) is 26.2. The van der Waals surface area contributed by atoms with Gasteiger partial charge in [-0.05, 0) is 51.6 Å². The Hall–Kier alpha value is 0.540. The molecule has 0 bridgehead atoms. The van der Waals surface area contributed by atoms with E-state index < -0.39 is 0 Å². The first kappa shape index (κ1) is 36.5.